The predicted octanol–water partition coefficient (Wildman–Crippen LogP) is 2.12. The fourth-order valence-corrected chi connectivity index (χ4v) is 1.76. The van der Waals surface area contributed by atoms with Crippen molar-refractivity contribution in [3.05, 3.63) is 29.6 Å². The summed E-state index contributed by atoms with van der Waals surface area (Å²) in [6.45, 7) is 5.12. The highest BCUT2D eigenvalue weighted by molar-refractivity contribution is 6.08. The number of Topliss-reactive ketones (excluding diaryl/α,β-unsaturated/α-hetero) is 2. The molecule has 1 rings (SSSR count). The predicted molar refractivity (Wildman–Crippen MR) is 73.3 cm³/mol. The first-order valence-electron chi connectivity index (χ1n) is 6.58. The van der Waals surface area contributed by atoms with Crippen LogP contribution in [0.5, 0.6) is 0 Å². The van der Waals surface area contributed by atoms with Crippen molar-refractivity contribution in [1.82, 2.24) is 4.98 Å². The highest BCUT2D eigenvalue weighted by Crippen LogP contribution is 2.16. The van der Waals surface area contributed by atoms with Gasteiger partial charge in [-0.15, -0.1) is 0 Å². The molecular weight excluding hydrogens is 258 g/mol. The van der Waals surface area contributed by atoms with Crippen LogP contribution in [0.25, 0.3) is 0 Å². The van der Waals surface area contributed by atoms with Gasteiger partial charge in [-0.1, -0.05) is 0 Å². The molecule has 0 N–H and O–H groups in total. The topological polar surface area (TPSA) is 73.3 Å². The number of nitrogens with zero attached hydrogens (tertiary/aromatic N) is 1. The quantitative estimate of drug-likeness (QED) is 0.433. The first-order chi connectivity index (χ1) is 9.45. The molecule has 5 nitrogen and oxygen atoms in total. The van der Waals surface area contributed by atoms with E-state index < -0.39 is 11.9 Å². The molecule has 5 heteroatoms. The van der Waals surface area contributed by atoms with Gasteiger partial charge in [-0.2, -0.15) is 0 Å². The maximum Gasteiger partial charge on any atom is 0.316 e. The zero-order valence-electron chi connectivity index (χ0n) is 12.0. The molecule has 108 valence electrons. The Morgan fingerprint density at radius 2 is 2.00 bits per heavy atom. The second-order valence-corrected chi connectivity index (χ2v) is 4.60. The lowest BCUT2D eigenvalue weighted by Gasteiger charge is -2.13. The average Bonchev–Trinajstić information content (AvgIpc) is 2.39. The molecule has 0 radical (unpaired) electrons. The van der Waals surface area contributed by atoms with Crippen LogP contribution in [0.15, 0.2) is 18.3 Å². The third-order valence-electron chi connectivity index (χ3n) is 2.87. The Hall–Kier alpha value is -2.04. The molecule has 0 amide bonds. The lowest BCUT2D eigenvalue weighted by atomic mass is 9.93. The van der Waals surface area contributed by atoms with Gasteiger partial charge >= 0.3 is 5.97 Å². The SMILES string of the molecule is CCOC(=O)C(CCC(C)=O)C(=O)c1ccc(C)nc1. The number of pyridine rings is 1. The molecule has 1 atom stereocenters. The summed E-state index contributed by atoms with van der Waals surface area (Å²) < 4.78 is 4.91. The third kappa shape index (κ3) is 4.57. The van der Waals surface area contributed by atoms with Gasteiger partial charge in [0.25, 0.3) is 0 Å². The Morgan fingerprint density at radius 3 is 2.50 bits per heavy atom. The van der Waals surface area contributed by atoms with Crippen LogP contribution in [-0.2, 0) is 14.3 Å². The maximum absolute atomic E-state index is 12.3. The molecule has 0 saturated heterocycles. The Bertz CT molecular complexity index is 493. The van der Waals surface area contributed by atoms with Crippen molar-refractivity contribution in [2.75, 3.05) is 6.61 Å². The van der Waals surface area contributed by atoms with Gasteiger partial charge in [0, 0.05) is 23.9 Å². The number of carbonyl (C=O) groups is 3. The molecule has 0 aromatic carbocycles. The molecule has 0 aliphatic rings. The van der Waals surface area contributed by atoms with E-state index in [-0.39, 0.29) is 31.0 Å². The molecule has 0 aliphatic heterocycles. The summed E-state index contributed by atoms with van der Waals surface area (Å²) in [5, 5.41) is 0. The molecule has 1 aromatic rings. The Morgan fingerprint density at radius 1 is 1.30 bits per heavy atom. The van der Waals surface area contributed by atoms with Gasteiger partial charge in [-0.3, -0.25) is 14.6 Å². The standard InChI is InChI=1S/C15H19NO4/c1-4-20-15(19)13(8-6-11(3)17)14(18)12-7-5-10(2)16-9-12/h5,7,9,13H,4,6,8H2,1-3H3. The summed E-state index contributed by atoms with van der Waals surface area (Å²) >= 11 is 0. The molecule has 0 spiro atoms. The van der Waals surface area contributed by atoms with Crippen molar-refractivity contribution in [2.45, 2.75) is 33.6 Å². The molecule has 20 heavy (non-hydrogen) atoms. The van der Waals surface area contributed by atoms with E-state index >= 15 is 0 Å². The van der Waals surface area contributed by atoms with Crippen molar-refractivity contribution < 1.29 is 19.1 Å². The number of rotatable bonds is 7. The van der Waals surface area contributed by atoms with Crippen molar-refractivity contribution in [1.29, 1.82) is 0 Å². The van der Waals surface area contributed by atoms with Gasteiger partial charge < -0.3 is 9.53 Å². The molecule has 1 heterocycles. The van der Waals surface area contributed by atoms with E-state index in [0.717, 1.165) is 5.69 Å². The summed E-state index contributed by atoms with van der Waals surface area (Å²) in [4.78, 5) is 39.3. The first-order valence-corrected chi connectivity index (χ1v) is 6.58. The van der Waals surface area contributed by atoms with Crippen molar-refractivity contribution in [3.8, 4) is 0 Å². The lowest BCUT2D eigenvalue weighted by Crippen LogP contribution is -2.27. The number of hydrogen-bond acceptors (Lipinski definition) is 5. The fraction of sp³-hybridized carbons (Fsp3) is 0.467. The van der Waals surface area contributed by atoms with E-state index in [4.69, 9.17) is 4.74 Å². The van der Waals surface area contributed by atoms with Gasteiger partial charge in [0.1, 0.15) is 11.7 Å². The fourth-order valence-electron chi connectivity index (χ4n) is 1.76. The van der Waals surface area contributed by atoms with Crippen LogP contribution in [0.4, 0.5) is 0 Å². The number of hydrogen-bond donors (Lipinski definition) is 0. The van der Waals surface area contributed by atoms with Gasteiger partial charge in [-0.25, -0.2) is 0 Å². The average molecular weight is 277 g/mol. The summed E-state index contributed by atoms with van der Waals surface area (Å²) in [5.41, 5.74) is 1.15. The van der Waals surface area contributed by atoms with Crippen LogP contribution < -0.4 is 0 Å². The van der Waals surface area contributed by atoms with Crippen LogP contribution in [0.1, 0.15) is 42.7 Å². The molecule has 0 aliphatic carbocycles. The molecular formula is C15H19NO4. The van der Waals surface area contributed by atoms with E-state index in [1.54, 1.807) is 19.1 Å². The highest BCUT2D eigenvalue weighted by Gasteiger charge is 2.29. The Kier molecular flexibility index (Phi) is 6.03. The molecule has 1 unspecified atom stereocenters. The molecule has 0 saturated carbocycles. The molecule has 0 fully saturated rings. The van der Waals surface area contributed by atoms with Crippen molar-refractivity contribution >= 4 is 17.5 Å². The van der Waals surface area contributed by atoms with Crippen LogP contribution >= 0.6 is 0 Å². The van der Waals surface area contributed by atoms with Crippen LogP contribution in [-0.4, -0.2) is 29.1 Å². The Labute approximate surface area is 118 Å². The number of esters is 1. The normalized spacial score (nSPS) is 11.8. The number of ether oxygens (including phenoxy) is 1. The maximum atomic E-state index is 12.3. The van der Waals surface area contributed by atoms with Gasteiger partial charge in [-0.05, 0) is 39.3 Å². The summed E-state index contributed by atoms with van der Waals surface area (Å²) in [6.07, 6.45) is 1.78. The van der Waals surface area contributed by atoms with Crippen molar-refractivity contribution in [2.24, 2.45) is 5.92 Å². The first kappa shape index (κ1) is 16.0. The zero-order chi connectivity index (χ0) is 15.1. The summed E-state index contributed by atoms with van der Waals surface area (Å²) in [6, 6.07) is 3.34. The second kappa shape index (κ2) is 7.53. The minimum absolute atomic E-state index is 0.0610. The minimum Gasteiger partial charge on any atom is -0.465 e. The number of ketones is 2. The summed E-state index contributed by atoms with van der Waals surface area (Å²) in [5.74, 6) is -1.94. The highest BCUT2D eigenvalue weighted by atomic mass is 16.5. The van der Waals surface area contributed by atoms with E-state index in [1.165, 1.54) is 13.1 Å². The zero-order valence-corrected chi connectivity index (χ0v) is 12.0. The Balaban J connectivity index is 2.90. The van der Waals surface area contributed by atoms with Gasteiger partial charge in [0.05, 0.1) is 6.61 Å². The van der Waals surface area contributed by atoms with E-state index in [9.17, 15) is 14.4 Å². The van der Waals surface area contributed by atoms with Crippen molar-refractivity contribution in [3.63, 3.8) is 0 Å². The largest absolute Gasteiger partial charge is 0.465 e. The lowest BCUT2D eigenvalue weighted by molar-refractivity contribution is -0.146. The van der Waals surface area contributed by atoms with Crippen LogP contribution in [0.3, 0.4) is 0 Å². The second-order valence-electron chi connectivity index (χ2n) is 4.60. The van der Waals surface area contributed by atoms with Gasteiger partial charge in [0.15, 0.2) is 5.78 Å². The monoisotopic (exact) mass is 277 g/mol. The van der Waals surface area contributed by atoms with Crippen LogP contribution in [0.2, 0.25) is 0 Å². The number of aryl methyl sites for hydroxylation is 1. The van der Waals surface area contributed by atoms with Crippen LogP contribution in [0, 0.1) is 12.8 Å². The minimum atomic E-state index is -0.941. The third-order valence-corrected chi connectivity index (χ3v) is 2.87. The van der Waals surface area contributed by atoms with E-state index in [0.29, 0.717) is 5.56 Å². The number of carbonyl (C=O) groups excluding carboxylic acids is 3. The van der Waals surface area contributed by atoms with E-state index in [2.05, 4.69) is 4.98 Å². The number of aromatic nitrogens is 1. The molecule has 0 bridgehead atoms. The molecule has 1 aromatic heterocycles. The summed E-state index contributed by atoms with van der Waals surface area (Å²) in [7, 11) is 0. The van der Waals surface area contributed by atoms with E-state index in [1.807, 2.05) is 6.92 Å². The smallest absolute Gasteiger partial charge is 0.316 e. The van der Waals surface area contributed by atoms with Gasteiger partial charge in [0.2, 0.25) is 0 Å².